The van der Waals surface area contributed by atoms with Crippen molar-refractivity contribution in [2.45, 2.75) is 18.1 Å². The number of hydrogen-bond donors (Lipinski definition) is 1. The third kappa shape index (κ3) is 6.44. The molecule has 3 rings (SSSR count). The molecule has 1 aromatic heterocycles. The Kier molecular flexibility index (Phi) is 8.49. The van der Waals surface area contributed by atoms with Gasteiger partial charge in [-0.25, -0.2) is 4.39 Å². The van der Waals surface area contributed by atoms with Crippen LogP contribution in [0.2, 0.25) is 5.02 Å². The number of benzene rings is 2. The summed E-state index contributed by atoms with van der Waals surface area (Å²) in [7, 11) is 3.89. The molecule has 1 atom stereocenters. The van der Waals surface area contributed by atoms with E-state index >= 15 is 0 Å². The summed E-state index contributed by atoms with van der Waals surface area (Å²) in [4.78, 5) is 14.3. The monoisotopic (exact) mass is 477 g/mol. The average molecular weight is 478 g/mol. The van der Waals surface area contributed by atoms with E-state index in [0.29, 0.717) is 34.9 Å². The van der Waals surface area contributed by atoms with Crippen LogP contribution in [-0.4, -0.2) is 58.6 Å². The van der Waals surface area contributed by atoms with Crippen LogP contribution in [0, 0.1) is 5.82 Å². The number of nitrogens with zero attached hydrogens (tertiary/aromatic N) is 4. The number of ether oxygens (including phenoxy) is 1. The first-order valence-corrected chi connectivity index (χ1v) is 11.4. The van der Waals surface area contributed by atoms with E-state index in [0.717, 1.165) is 5.69 Å². The Labute approximate surface area is 195 Å². The van der Waals surface area contributed by atoms with E-state index in [1.54, 1.807) is 36.4 Å². The Hall–Kier alpha value is -2.62. The van der Waals surface area contributed by atoms with Crippen molar-refractivity contribution in [2.75, 3.05) is 33.0 Å². The predicted molar refractivity (Wildman–Crippen MR) is 124 cm³/mol. The molecule has 0 radical (unpaired) electrons. The summed E-state index contributed by atoms with van der Waals surface area (Å²) >= 11 is 7.12. The maximum atomic E-state index is 13.4. The Morgan fingerprint density at radius 3 is 2.53 bits per heavy atom. The molecule has 170 valence electrons. The first-order valence-electron chi connectivity index (χ1n) is 10.0. The lowest BCUT2D eigenvalue weighted by molar-refractivity contribution is -0.118. The summed E-state index contributed by atoms with van der Waals surface area (Å²) in [6, 6.07) is 13.1. The number of nitrogens with one attached hydrogen (secondary N) is 1. The van der Waals surface area contributed by atoms with Crippen LogP contribution < -0.4 is 10.1 Å². The SMILES string of the molecule is C[C@@H](c1nnc(SCC(=O)NCCOc2ccc(Cl)cc2)n1-c1ccc(F)cc1)N(C)C. The van der Waals surface area contributed by atoms with E-state index in [1.165, 1.54) is 23.9 Å². The largest absolute Gasteiger partial charge is 0.492 e. The van der Waals surface area contributed by atoms with Gasteiger partial charge in [0.05, 0.1) is 18.3 Å². The van der Waals surface area contributed by atoms with Crippen molar-refractivity contribution in [3.63, 3.8) is 0 Å². The molecular weight excluding hydrogens is 453 g/mol. The Morgan fingerprint density at radius 1 is 1.19 bits per heavy atom. The molecule has 0 unspecified atom stereocenters. The Balaban J connectivity index is 1.59. The van der Waals surface area contributed by atoms with Crippen molar-refractivity contribution >= 4 is 29.3 Å². The topological polar surface area (TPSA) is 72.3 Å². The zero-order valence-electron chi connectivity index (χ0n) is 18.1. The minimum absolute atomic E-state index is 0.0271. The molecule has 1 N–H and O–H groups in total. The van der Waals surface area contributed by atoms with Gasteiger partial charge in [0.25, 0.3) is 0 Å². The molecule has 1 heterocycles. The van der Waals surface area contributed by atoms with Crippen LogP contribution in [0.5, 0.6) is 5.75 Å². The third-order valence-corrected chi connectivity index (χ3v) is 5.91. The quantitative estimate of drug-likeness (QED) is 0.352. The van der Waals surface area contributed by atoms with Crippen molar-refractivity contribution in [1.29, 1.82) is 0 Å². The van der Waals surface area contributed by atoms with Crippen LogP contribution in [0.1, 0.15) is 18.8 Å². The summed E-state index contributed by atoms with van der Waals surface area (Å²) in [5.74, 6) is 1.09. The summed E-state index contributed by atoms with van der Waals surface area (Å²) in [6.45, 7) is 2.72. The minimum Gasteiger partial charge on any atom is -0.492 e. The number of thioether (sulfide) groups is 1. The van der Waals surface area contributed by atoms with Gasteiger partial charge in [-0.15, -0.1) is 10.2 Å². The van der Waals surface area contributed by atoms with Gasteiger partial charge in [0, 0.05) is 10.7 Å². The first-order chi connectivity index (χ1) is 15.3. The Morgan fingerprint density at radius 2 is 1.88 bits per heavy atom. The minimum atomic E-state index is -0.321. The number of hydrogen-bond acceptors (Lipinski definition) is 6. The van der Waals surface area contributed by atoms with Gasteiger partial charge < -0.3 is 10.1 Å². The molecule has 7 nitrogen and oxygen atoms in total. The van der Waals surface area contributed by atoms with Gasteiger partial charge in [0.1, 0.15) is 18.2 Å². The van der Waals surface area contributed by atoms with Crippen molar-refractivity contribution < 1.29 is 13.9 Å². The smallest absolute Gasteiger partial charge is 0.230 e. The first kappa shape index (κ1) is 24.0. The van der Waals surface area contributed by atoms with Gasteiger partial charge in [0.15, 0.2) is 11.0 Å². The lowest BCUT2D eigenvalue weighted by Crippen LogP contribution is -2.29. The molecule has 32 heavy (non-hydrogen) atoms. The average Bonchev–Trinajstić information content (AvgIpc) is 3.20. The van der Waals surface area contributed by atoms with Gasteiger partial charge in [-0.2, -0.15) is 0 Å². The van der Waals surface area contributed by atoms with E-state index in [9.17, 15) is 9.18 Å². The van der Waals surface area contributed by atoms with E-state index in [-0.39, 0.29) is 23.5 Å². The van der Waals surface area contributed by atoms with E-state index in [1.807, 2.05) is 30.5 Å². The number of carbonyl (C=O) groups excluding carboxylic acids is 1. The van der Waals surface area contributed by atoms with Crippen LogP contribution in [-0.2, 0) is 4.79 Å². The number of rotatable bonds is 10. The van der Waals surface area contributed by atoms with Crippen LogP contribution in [0.3, 0.4) is 0 Å². The van der Waals surface area contributed by atoms with Crippen LogP contribution >= 0.6 is 23.4 Å². The summed E-state index contributed by atoms with van der Waals surface area (Å²) < 4.78 is 20.8. The zero-order valence-corrected chi connectivity index (χ0v) is 19.7. The Bertz CT molecular complexity index is 1030. The fraction of sp³-hybridized carbons (Fsp3) is 0.318. The van der Waals surface area contributed by atoms with Crippen molar-refractivity contribution in [1.82, 2.24) is 25.0 Å². The highest BCUT2D eigenvalue weighted by molar-refractivity contribution is 7.99. The van der Waals surface area contributed by atoms with E-state index < -0.39 is 0 Å². The van der Waals surface area contributed by atoms with Gasteiger partial charge in [-0.1, -0.05) is 23.4 Å². The standard InChI is InChI=1S/C22H25ClFN5O2S/c1-15(28(2)3)21-26-27-22(29(21)18-8-6-17(24)7-9-18)32-14-20(30)25-12-13-31-19-10-4-16(23)5-11-19/h4-11,15H,12-14H2,1-3H3,(H,25,30)/t15-/m0/s1. The van der Waals surface area contributed by atoms with Gasteiger partial charge in [-0.05, 0) is 69.6 Å². The normalized spacial score (nSPS) is 12.1. The van der Waals surface area contributed by atoms with Gasteiger partial charge >= 0.3 is 0 Å². The van der Waals surface area contributed by atoms with E-state index in [4.69, 9.17) is 16.3 Å². The summed E-state index contributed by atoms with van der Waals surface area (Å²) in [6.07, 6.45) is 0. The van der Waals surface area contributed by atoms with Gasteiger partial charge in [0.2, 0.25) is 5.91 Å². The highest BCUT2D eigenvalue weighted by atomic mass is 35.5. The highest BCUT2D eigenvalue weighted by Gasteiger charge is 2.21. The maximum absolute atomic E-state index is 13.4. The van der Waals surface area contributed by atoms with Crippen LogP contribution in [0.4, 0.5) is 4.39 Å². The van der Waals surface area contributed by atoms with Crippen molar-refractivity contribution in [2.24, 2.45) is 0 Å². The second-order valence-corrected chi connectivity index (χ2v) is 8.61. The lowest BCUT2D eigenvalue weighted by atomic mass is 10.2. The molecule has 0 saturated heterocycles. The predicted octanol–water partition coefficient (Wildman–Crippen LogP) is 3.97. The molecule has 1 amide bonds. The molecular formula is C22H25ClFN5O2S. The molecule has 0 aliphatic rings. The second-order valence-electron chi connectivity index (χ2n) is 7.23. The molecule has 0 spiro atoms. The highest BCUT2D eigenvalue weighted by Crippen LogP contribution is 2.26. The molecule has 10 heteroatoms. The molecule has 0 fully saturated rings. The number of carbonyl (C=O) groups is 1. The summed E-state index contributed by atoms with van der Waals surface area (Å²) in [5, 5.41) is 12.6. The zero-order chi connectivity index (χ0) is 23.1. The fourth-order valence-electron chi connectivity index (χ4n) is 2.78. The number of aromatic nitrogens is 3. The lowest BCUT2D eigenvalue weighted by Gasteiger charge is -2.20. The molecule has 3 aromatic rings. The third-order valence-electron chi connectivity index (χ3n) is 4.73. The molecule has 0 aliphatic heterocycles. The van der Waals surface area contributed by atoms with Crippen LogP contribution in [0.15, 0.2) is 53.7 Å². The van der Waals surface area contributed by atoms with Crippen LogP contribution in [0.25, 0.3) is 5.69 Å². The number of halogens is 2. The van der Waals surface area contributed by atoms with E-state index in [2.05, 4.69) is 15.5 Å². The van der Waals surface area contributed by atoms with Crippen molar-refractivity contribution in [3.05, 3.63) is 65.2 Å². The molecule has 0 aliphatic carbocycles. The number of amides is 1. The second kappa shape index (κ2) is 11.3. The maximum Gasteiger partial charge on any atom is 0.230 e. The van der Waals surface area contributed by atoms with Gasteiger partial charge in [-0.3, -0.25) is 14.3 Å². The molecule has 0 saturated carbocycles. The molecule has 2 aromatic carbocycles. The fourth-order valence-corrected chi connectivity index (χ4v) is 3.70. The summed E-state index contributed by atoms with van der Waals surface area (Å²) in [5.41, 5.74) is 0.736. The molecule has 0 bridgehead atoms. The van der Waals surface area contributed by atoms with Crippen molar-refractivity contribution in [3.8, 4) is 11.4 Å².